The number of aliphatic hydroxyl groups excluding tert-OH is 1. The number of nitrogens with one attached hydrogen (secondary N) is 2. The zero-order chi connectivity index (χ0) is 14.0. The SMILES string of the molecule is CC(C)(C)NC[C@H](O)c1nccc2[nH]c(=O)ccc12. The van der Waals surface area contributed by atoms with Crippen molar-refractivity contribution in [2.45, 2.75) is 32.4 Å². The van der Waals surface area contributed by atoms with E-state index >= 15 is 0 Å². The van der Waals surface area contributed by atoms with E-state index in [9.17, 15) is 9.90 Å². The maximum atomic E-state index is 11.3. The summed E-state index contributed by atoms with van der Waals surface area (Å²) in [4.78, 5) is 18.2. The molecule has 0 unspecified atom stereocenters. The molecule has 0 saturated heterocycles. The summed E-state index contributed by atoms with van der Waals surface area (Å²) in [5.74, 6) is 0. The summed E-state index contributed by atoms with van der Waals surface area (Å²) in [7, 11) is 0. The van der Waals surface area contributed by atoms with Crippen molar-refractivity contribution in [2.24, 2.45) is 0 Å². The van der Waals surface area contributed by atoms with Crippen molar-refractivity contribution >= 4 is 10.9 Å². The van der Waals surface area contributed by atoms with Crippen molar-refractivity contribution in [1.29, 1.82) is 0 Å². The Morgan fingerprint density at radius 3 is 2.79 bits per heavy atom. The molecule has 3 N–H and O–H groups in total. The molecular weight excluding hydrogens is 242 g/mol. The Bertz CT molecular complexity index is 628. The number of aliphatic hydroxyl groups is 1. The minimum atomic E-state index is -0.714. The van der Waals surface area contributed by atoms with Gasteiger partial charge in [-0.05, 0) is 32.9 Å². The highest BCUT2D eigenvalue weighted by molar-refractivity contribution is 5.80. The number of rotatable bonds is 3. The van der Waals surface area contributed by atoms with Crippen molar-refractivity contribution in [2.75, 3.05) is 6.54 Å². The fourth-order valence-corrected chi connectivity index (χ4v) is 1.87. The van der Waals surface area contributed by atoms with E-state index in [0.29, 0.717) is 17.8 Å². The number of β-amino-alcohol motifs (C(OH)–C–C–N with tert-alkyl or cyclic N) is 1. The molecular formula is C14H19N3O2. The number of aromatic amines is 1. The Morgan fingerprint density at radius 2 is 2.11 bits per heavy atom. The van der Waals surface area contributed by atoms with E-state index in [-0.39, 0.29) is 11.1 Å². The van der Waals surface area contributed by atoms with Gasteiger partial charge in [0.2, 0.25) is 5.56 Å². The first-order chi connectivity index (χ1) is 8.87. The van der Waals surface area contributed by atoms with E-state index in [4.69, 9.17) is 0 Å². The van der Waals surface area contributed by atoms with Gasteiger partial charge in [-0.25, -0.2) is 0 Å². The van der Waals surface area contributed by atoms with Gasteiger partial charge in [-0.2, -0.15) is 0 Å². The lowest BCUT2D eigenvalue weighted by Crippen LogP contribution is -2.38. The number of aromatic nitrogens is 2. The Balaban J connectivity index is 2.32. The zero-order valence-electron chi connectivity index (χ0n) is 11.4. The monoisotopic (exact) mass is 261 g/mol. The molecule has 0 aliphatic carbocycles. The smallest absolute Gasteiger partial charge is 0.248 e. The Labute approximate surface area is 111 Å². The fraction of sp³-hybridized carbons (Fsp3) is 0.429. The van der Waals surface area contributed by atoms with Gasteiger partial charge in [0.25, 0.3) is 0 Å². The van der Waals surface area contributed by atoms with Crippen LogP contribution in [0.1, 0.15) is 32.6 Å². The van der Waals surface area contributed by atoms with Crippen molar-refractivity contribution in [3.63, 3.8) is 0 Å². The first-order valence-electron chi connectivity index (χ1n) is 6.28. The molecule has 0 spiro atoms. The summed E-state index contributed by atoms with van der Waals surface area (Å²) in [5.41, 5.74) is 1.03. The maximum absolute atomic E-state index is 11.3. The molecule has 2 aromatic rings. The first-order valence-corrected chi connectivity index (χ1v) is 6.28. The molecule has 0 amide bonds. The summed E-state index contributed by atoms with van der Waals surface area (Å²) >= 11 is 0. The molecule has 0 aliphatic rings. The summed E-state index contributed by atoms with van der Waals surface area (Å²) in [6.45, 7) is 6.52. The fourth-order valence-electron chi connectivity index (χ4n) is 1.87. The van der Waals surface area contributed by atoms with E-state index in [2.05, 4.69) is 15.3 Å². The van der Waals surface area contributed by atoms with Crippen molar-refractivity contribution in [3.05, 3.63) is 40.4 Å². The molecule has 5 nitrogen and oxygen atoms in total. The number of H-pyrrole nitrogens is 1. The average Bonchev–Trinajstić information content (AvgIpc) is 2.34. The molecule has 2 rings (SSSR count). The number of hydrogen-bond acceptors (Lipinski definition) is 4. The van der Waals surface area contributed by atoms with Crippen LogP contribution in [0.3, 0.4) is 0 Å². The summed E-state index contributed by atoms with van der Waals surface area (Å²) < 4.78 is 0. The van der Waals surface area contributed by atoms with E-state index in [1.165, 1.54) is 6.07 Å². The molecule has 0 bridgehead atoms. The van der Waals surface area contributed by atoms with Crippen LogP contribution in [0.5, 0.6) is 0 Å². The van der Waals surface area contributed by atoms with Gasteiger partial charge in [0.1, 0.15) is 6.10 Å². The van der Waals surface area contributed by atoms with Crippen LogP contribution in [-0.4, -0.2) is 27.2 Å². The third kappa shape index (κ3) is 3.39. The molecule has 5 heteroatoms. The van der Waals surface area contributed by atoms with E-state index in [1.54, 1.807) is 18.3 Å². The summed E-state index contributed by atoms with van der Waals surface area (Å²) in [6.07, 6.45) is 0.877. The molecule has 0 aliphatic heterocycles. The van der Waals surface area contributed by atoms with Gasteiger partial charge < -0.3 is 15.4 Å². The highest BCUT2D eigenvalue weighted by atomic mass is 16.3. The number of pyridine rings is 2. The molecule has 102 valence electrons. The standard InChI is InChI=1S/C14H19N3O2/c1-14(2,3)16-8-11(18)13-9-4-5-12(19)17-10(9)6-7-15-13/h4-7,11,16,18H,8H2,1-3H3,(H,17,19)/t11-/m0/s1. The quantitative estimate of drug-likeness (QED) is 0.779. The molecule has 2 heterocycles. The normalized spacial score (nSPS) is 13.7. The predicted molar refractivity (Wildman–Crippen MR) is 75.1 cm³/mol. The Kier molecular flexibility index (Phi) is 3.68. The van der Waals surface area contributed by atoms with Gasteiger partial charge >= 0.3 is 0 Å². The summed E-state index contributed by atoms with van der Waals surface area (Å²) in [6, 6.07) is 4.86. The van der Waals surface area contributed by atoms with Gasteiger partial charge in [-0.15, -0.1) is 0 Å². The number of fused-ring (bicyclic) bond motifs is 1. The molecule has 2 aromatic heterocycles. The van der Waals surface area contributed by atoms with Crippen molar-refractivity contribution in [3.8, 4) is 0 Å². The lowest BCUT2D eigenvalue weighted by atomic mass is 10.1. The molecule has 19 heavy (non-hydrogen) atoms. The average molecular weight is 261 g/mol. The van der Waals surface area contributed by atoms with Gasteiger partial charge in [-0.1, -0.05) is 0 Å². The van der Waals surface area contributed by atoms with Crippen molar-refractivity contribution in [1.82, 2.24) is 15.3 Å². The highest BCUT2D eigenvalue weighted by Gasteiger charge is 2.16. The third-order valence-corrected chi connectivity index (χ3v) is 2.82. The van der Waals surface area contributed by atoms with Gasteiger partial charge in [0.05, 0.1) is 11.2 Å². The van der Waals surface area contributed by atoms with Crippen LogP contribution in [0.2, 0.25) is 0 Å². The molecule has 0 saturated carbocycles. The zero-order valence-corrected chi connectivity index (χ0v) is 11.4. The van der Waals surface area contributed by atoms with Crippen LogP contribution in [0.25, 0.3) is 10.9 Å². The second-order valence-electron chi connectivity index (χ2n) is 5.63. The second-order valence-corrected chi connectivity index (χ2v) is 5.63. The second kappa shape index (κ2) is 5.11. The van der Waals surface area contributed by atoms with Crippen molar-refractivity contribution < 1.29 is 5.11 Å². The van der Waals surface area contributed by atoms with Crippen LogP contribution in [0, 0.1) is 0 Å². The van der Waals surface area contributed by atoms with Crippen LogP contribution >= 0.6 is 0 Å². The number of nitrogens with zero attached hydrogens (tertiary/aromatic N) is 1. The Hall–Kier alpha value is -1.72. The molecule has 1 atom stereocenters. The number of hydrogen-bond donors (Lipinski definition) is 3. The van der Waals surface area contributed by atoms with E-state index in [1.807, 2.05) is 20.8 Å². The lowest BCUT2D eigenvalue weighted by Gasteiger charge is -2.23. The van der Waals surface area contributed by atoms with Crippen LogP contribution < -0.4 is 10.9 Å². The molecule has 0 radical (unpaired) electrons. The van der Waals surface area contributed by atoms with E-state index < -0.39 is 6.10 Å². The molecule has 0 aromatic carbocycles. The topological polar surface area (TPSA) is 78.0 Å². The Morgan fingerprint density at radius 1 is 1.37 bits per heavy atom. The van der Waals surface area contributed by atoms with Gasteiger partial charge in [0, 0.05) is 29.7 Å². The first kappa shape index (κ1) is 13.7. The maximum Gasteiger partial charge on any atom is 0.248 e. The predicted octanol–water partition coefficient (Wildman–Crippen LogP) is 1.34. The summed E-state index contributed by atoms with van der Waals surface area (Å²) in [5, 5.41) is 14.2. The van der Waals surface area contributed by atoms with E-state index in [0.717, 1.165) is 5.39 Å². The van der Waals surface area contributed by atoms with Gasteiger partial charge in [-0.3, -0.25) is 9.78 Å². The minimum Gasteiger partial charge on any atom is -0.385 e. The largest absolute Gasteiger partial charge is 0.385 e. The van der Waals surface area contributed by atoms with Crippen LogP contribution in [-0.2, 0) is 0 Å². The van der Waals surface area contributed by atoms with Crippen LogP contribution in [0.15, 0.2) is 29.2 Å². The highest BCUT2D eigenvalue weighted by Crippen LogP contribution is 2.19. The third-order valence-electron chi connectivity index (χ3n) is 2.82. The minimum absolute atomic E-state index is 0.0696. The lowest BCUT2D eigenvalue weighted by molar-refractivity contribution is 0.160. The van der Waals surface area contributed by atoms with Gasteiger partial charge in [0.15, 0.2) is 0 Å². The van der Waals surface area contributed by atoms with Crippen LogP contribution in [0.4, 0.5) is 0 Å². The molecule has 0 fully saturated rings.